The molecule has 43 heavy (non-hydrogen) atoms. The van der Waals surface area contributed by atoms with Crippen molar-refractivity contribution >= 4 is 40.9 Å². The Hall–Kier alpha value is -5.20. The van der Waals surface area contributed by atoms with E-state index in [1.807, 2.05) is 43.3 Å². The molecule has 0 aromatic heterocycles. The second kappa shape index (κ2) is 14.6. The van der Waals surface area contributed by atoms with Crippen LogP contribution in [0.4, 0.5) is 11.4 Å². The predicted molar refractivity (Wildman–Crippen MR) is 171 cm³/mol. The van der Waals surface area contributed by atoms with Gasteiger partial charge in [0.2, 0.25) is 5.91 Å². The van der Waals surface area contributed by atoms with Crippen LogP contribution >= 0.6 is 0 Å². The zero-order valence-electron chi connectivity index (χ0n) is 25.3. The lowest BCUT2D eigenvalue weighted by Crippen LogP contribution is -2.36. The molecule has 0 spiro atoms. The first kappa shape index (κ1) is 32.3. The number of likely N-dealkylation sites (N-methyl/N-ethyl adjacent to an activating group) is 2. The molecule has 3 rings (SSSR count). The fourth-order valence-corrected chi connectivity index (χ4v) is 4.43. The Morgan fingerprint density at radius 2 is 1.86 bits per heavy atom. The quantitative estimate of drug-likeness (QED) is 0.102. The van der Waals surface area contributed by atoms with Crippen molar-refractivity contribution in [3.8, 4) is 0 Å². The molecule has 1 heterocycles. The first-order valence-corrected chi connectivity index (χ1v) is 13.8. The van der Waals surface area contributed by atoms with E-state index in [9.17, 15) is 14.4 Å². The second-order valence-electron chi connectivity index (χ2n) is 10.4. The summed E-state index contributed by atoms with van der Waals surface area (Å²) in [6.07, 6.45) is 9.78. The summed E-state index contributed by atoms with van der Waals surface area (Å²) in [5, 5.41) is 11.7. The molecule has 0 saturated heterocycles. The number of para-hydroxylation sites is 1. The zero-order valence-corrected chi connectivity index (χ0v) is 25.3. The van der Waals surface area contributed by atoms with E-state index in [1.54, 1.807) is 31.3 Å². The second-order valence-corrected chi connectivity index (χ2v) is 10.4. The van der Waals surface area contributed by atoms with Crippen LogP contribution in [-0.4, -0.2) is 77.2 Å². The summed E-state index contributed by atoms with van der Waals surface area (Å²) in [6.45, 7) is 0.716. The van der Waals surface area contributed by atoms with Gasteiger partial charge in [-0.15, -0.1) is 0 Å². The molecule has 3 amide bonds. The van der Waals surface area contributed by atoms with Gasteiger partial charge in [0.25, 0.3) is 11.8 Å². The summed E-state index contributed by atoms with van der Waals surface area (Å²) in [5.41, 5.74) is 22.5. The first-order chi connectivity index (χ1) is 20.5. The van der Waals surface area contributed by atoms with Gasteiger partial charge < -0.3 is 48.3 Å². The Bertz CT molecular complexity index is 1430. The summed E-state index contributed by atoms with van der Waals surface area (Å²) in [6, 6.07) is 5.69. The van der Waals surface area contributed by atoms with Gasteiger partial charge in [-0.25, -0.2) is 0 Å². The van der Waals surface area contributed by atoms with Gasteiger partial charge in [0.15, 0.2) is 0 Å². The van der Waals surface area contributed by atoms with Crippen LogP contribution in [0.25, 0.3) is 5.57 Å². The number of hydrogen-bond acceptors (Lipinski definition) is 10. The topological polar surface area (TPSA) is 196 Å². The summed E-state index contributed by atoms with van der Waals surface area (Å²) >= 11 is 0. The van der Waals surface area contributed by atoms with Crippen molar-refractivity contribution in [2.24, 2.45) is 28.1 Å². The van der Waals surface area contributed by atoms with Crippen molar-refractivity contribution in [3.05, 3.63) is 76.7 Å². The van der Waals surface area contributed by atoms with Gasteiger partial charge in [-0.2, -0.15) is 0 Å². The van der Waals surface area contributed by atoms with E-state index in [4.69, 9.17) is 17.2 Å². The van der Waals surface area contributed by atoms with Crippen molar-refractivity contribution < 1.29 is 14.4 Å². The minimum atomic E-state index is -0.509. The van der Waals surface area contributed by atoms with E-state index >= 15 is 0 Å². The molecule has 1 aromatic carbocycles. The number of nitrogens with two attached hydrogens (primary N) is 3. The maximum Gasteiger partial charge on any atom is 0.269 e. The third kappa shape index (κ3) is 8.41. The number of dihydropyridines is 1. The molecule has 0 bridgehead atoms. The summed E-state index contributed by atoms with van der Waals surface area (Å²) in [5.74, 6) is -0.830. The third-order valence-corrected chi connectivity index (χ3v) is 6.80. The van der Waals surface area contributed by atoms with Crippen molar-refractivity contribution in [3.63, 3.8) is 0 Å². The minimum Gasteiger partial charge on any atom is -0.404 e. The number of amides is 3. The van der Waals surface area contributed by atoms with Gasteiger partial charge in [-0.3, -0.25) is 19.4 Å². The number of carbonyl (C=O) groups excluding carboxylic acids is 3. The van der Waals surface area contributed by atoms with Gasteiger partial charge in [-0.05, 0) is 30.6 Å². The lowest BCUT2D eigenvalue weighted by molar-refractivity contribution is -0.126. The Morgan fingerprint density at radius 1 is 1.14 bits per heavy atom. The lowest BCUT2D eigenvalue weighted by atomic mass is 9.99. The average molecular weight is 591 g/mol. The molecule has 13 nitrogen and oxygen atoms in total. The van der Waals surface area contributed by atoms with Gasteiger partial charge in [0.05, 0.1) is 17.1 Å². The number of nitrogens with one attached hydrogen (secondary N) is 4. The van der Waals surface area contributed by atoms with E-state index < -0.39 is 5.91 Å². The highest BCUT2D eigenvalue weighted by Gasteiger charge is 2.30. The zero-order chi connectivity index (χ0) is 31.7. The molecule has 230 valence electrons. The molecule has 2 aliphatic rings. The van der Waals surface area contributed by atoms with Gasteiger partial charge in [-0.1, -0.05) is 18.2 Å². The smallest absolute Gasteiger partial charge is 0.269 e. The molecule has 1 saturated carbocycles. The van der Waals surface area contributed by atoms with E-state index in [2.05, 4.69) is 26.3 Å². The van der Waals surface area contributed by atoms with Crippen LogP contribution in [0, 0.1) is 5.92 Å². The fraction of sp³-hybridized carbons (Fsp3) is 0.333. The highest BCUT2D eigenvalue weighted by molar-refractivity contribution is 5.97. The van der Waals surface area contributed by atoms with Crippen LogP contribution < -0.4 is 43.4 Å². The van der Waals surface area contributed by atoms with E-state index in [0.29, 0.717) is 24.5 Å². The van der Waals surface area contributed by atoms with Crippen LogP contribution in [0.1, 0.15) is 18.4 Å². The number of nitrogens with zero attached hydrogens (tertiary/aromatic N) is 3. The average Bonchev–Trinajstić information content (AvgIpc) is 3.85. The number of allylic oxidation sites excluding steroid dienone is 3. The highest BCUT2D eigenvalue weighted by Crippen LogP contribution is 2.35. The van der Waals surface area contributed by atoms with E-state index in [0.717, 1.165) is 35.2 Å². The molecular weight excluding hydrogens is 548 g/mol. The molecule has 1 aromatic rings. The number of hydrogen-bond donors (Lipinski definition) is 7. The van der Waals surface area contributed by atoms with Crippen LogP contribution in [0.3, 0.4) is 0 Å². The Morgan fingerprint density at radius 3 is 2.42 bits per heavy atom. The highest BCUT2D eigenvalue weighted by atomic mass is 16.2. The third-order valence-electron chi connectivity index (χ3n) is 6.80. The molecule has 0 radical (unpaired) electrons. The SMILES string of the molecule is CN=C/C(=C\N)CN(C)C(=O)C1=CC=C(c2cccc(NC(/C=C(\N)NC(=O)C3CC3)=C(/N)C(=O)NC)c2N(C)C)CN1. The maximum absolute atomic E-state index is 13.0. The molecule has 1 aliphatic carbocycles. The van der Waals surface area contributed by atoms with Crippen molar-refractivity contribution in [2.75, 3.05) is 58.5 Å². The molecule has 10 N–H and O–H groups in total. The van der Waals surface area contributed by atoms with Gasteiger partial charge >= 0.3 is 0 Å². The van der Waals surface area contributed by atoms with E-state index in [-0.39, 0.29) is 34.9 Å². The van der Waals surface area contributed by atoms with Gasteiger partial charge in [0.1, 0.15) is 17.2 Å². The predicted octanol–water partition coefficient (Wildman–Crippen LogP) is 0.279. The molecule has 0 unspecified atom stereocenters. The van der Waals surface area contributed by atoms with E-state index in [1.165, 1.54) is 19.3 Å². The van der Waals surface area contributed by atoms with Crippen molar-refractivity contribution in [1.82, 2.24) is 20.9 Å². The Balaban J connectivity index is 1.93. The first-order valence-electron chi connectivity index (χ1n) is 13.8. The largest absolute Gasteiger partial charge is 0.404 e. The number of anilines is 2. The number of rotatable bonds is 12. The molecular formula is C30H42N10O3. The van der Waals surface area contributed by atoms with Crippen LogP contribution in [0.5, 0.6) is 0 Å². The standard InChI is InChI=1S/C30H42N10O3/c1-34-15-18(14-31)17-40(5)30(43)23-12-11-20(16-36-23)21-7-6-8-22(27(21)39(3)4)37-24(26(33)29(42)35-2)13-25(32)38-28(41)19-9-10-19/h6-8,11-15,19,36-37H,9-10,16-17,31-33H2,1-5H3,(H,35,42)(H,38,41)/b18-14+,25-13+,26-24+,34-15?. The van der Waals surface area contributed by atoms with Crippen molar-refractivity contribution in [1.29, 1.82) is 0 Å². The van der Waals surface area contributed by atoms with Gasteiger partial charge in [0, 0.05) is 83.9 Å². The van der Waals surface area contributed by atoms with Crippen LogP contribution in [0.2, 0.25) is 0 Å². The monoisotopic (exact) mass is 590 g/mol. The molecule has 13 heteroatoms. The maximum atomic E-state index is 13.0. The normalized spacial score (nSPS) is 15.9. The fourth-order valence-electron chi connectivity index (χ4n) is 4.43. The van der Waals surface area contributed by atoms with Crippen LogP contribution in [-0.2, 0) is 14.4 Å². The number of aliphatic imine (C=N–C) groups is 1. The minimum absolute atomic E-state index is 0.0425. The summed E-state index contributed by atoms with van der Waals surface area (Å²) < 4.78 is 0. The molecule has 1 fully saturated rings. The number of benzene rings is 1. The number of carbonyl (C=O) groups is 3. The summed E-state index contributed by atoms with van der Waals surface area (Å²) in [4.78, 5) is 45.2. The Kier molecular flexibility index (Phi) is 11.0. The molecule has 0 atom stereocenters. The Labute approximate surface area is 252 Å². The van der Waals surface area contributed by atoms with Crippen molar-refractivity contribution in [2.45, 2.75) is 12.8 Å². The molecule has 1 aliphatic heterocycles. The van der Waals surface area contributed by atoms with Crippen LogP contribution in [0.15, 0.2) is 76.1 Å². The lowest BCUT2D eigenvalue weighted by Gasteiger charge is -2.27. The summed E-state index contributed by atoms with van der Waals surface area (Å²) in [7, 11) is 8.61.